The van der Waals surface area contributed by atoms with Gasteiger partial charge in [0.1, 0.15) is 66.9 Å². The predicted molar refractivity (Wildman–Crippen MR) is 250 cm³/mol. The number of hydrogen-bond donors (Lipinski definition) is 7. The minimum Gasteiger partial charge on any atom is -0.492 e. The normalized spacial score (nSPS) is 16.6. The lowest BCUT2D eigenvalue weighted by molar-refractivity contribution is -0.141. The number of carbonyl (C=O) groups is 5. The molecule has 1 aliphatic heterocycles. The molecule has 66 heavy (non-hydrogen) atoms. The third kappa shape index (κ3) is 12.8. The lowest BCUT2D eigenvalue weighted by atomic mass is 9.87. The van der Waals surface area contributed by atoms with Crippen LogP contribution in [0.25, 0.3) is 11.1 Å². The summed E-state index contributed by atoms with van der Waals surface area (Å²) in [6.45, 7) is 8.09. The zero-order valence-electron chi connectivity index (χ0n) is 37.7. The summed E-state index contributed by atoms with van der Waals surface area (Å²) in [6.07, 6.45) is -0.0254. The molecule has 4 aromatic carbocycles. The number of carbonyl (C=O) groups excluding carboxylic acids is 5. The molecule has 0 unspecified atom stereocenters. The van der Waals surface area contributed by atoms with Crippen molar-refractivity contribution in [2.24, 2.45) is 17.2 Å². The maximum Gasteiger partial charge on any atom is 0.253 e. The van der Waals surface area contributed by atoms with Gasteiger partial charge >= 0.3 is 0 Å². The number of fused-ring (bicyclic) bond motifs is 5. The molecule has 0 saturated heterocycles. The van der Waals surface area contributed by atoms with Gasteiger partial charge in [0.2, 0.25) is 23.6 Å². The van der Waals surface area contributed by atoms with Crippen LogP contribution in [0.4, 0.5) is 0 Å². The first-order valence-corrected chi connectivity index (χ1v) is 21.9. The van der Waals surface area contributed by atoms with Gasteiger partial charge in [-0.3, -0.25) is 24.0 Å². The van der Waals surface area contributed by atoms with Crippen LogP contribution in [0.5, 0.6) is 23.0 Å². The molecule has 0 aromatic heterocycles. The van der Waals surface area contributed by atoms with Crippen molar-refractivity contribution >= 4 is 41.1 Å². The summed E-state index contributed by atoms with van der Waals surface area (Å²) in [4.78, 5) is 71.2. The molecule has 4 bridgehead atoms. The first kappa shape index (κ1) is 50.3. The van der Waals surface area contributed by atoms with Gasteiger partial charge < -0.3 is 57.6 Å². The summed E-state index contributed by atoms with van der Waals surface area (Å²) >= 11 is 6.63. The Bertz CT molecular complexity index is 2440. The smallest absolute Gasteiger partial charge is 0.253 e. The fraction of sp³-hybridized carbons (Fsp3) is 0.375. The molecule has 0 saturated carbocycles. The number of nitrogens with one attached hydrogen (secondary N) is 4. The first-order chi connectivity index (χ1) is 31.5. The Kier molecular flexibility index (Phi) is 17.5. The fourth-order valence-corrected chi connectivity index (χ4v) is 7.52. The lowest BCUT2D eigenvalue weighted by Crippen LogP contribution is -2.56. The Morgan fingerprint density at radius 1 is 0.864 bits per heavy atom. The van der Waals surface area contributed by atoms with Gasteiger partial charge in [0, 0.05) is 43.8 Å². The molecule has 10 N–H and O–H groups in total. The van der Waals surface area contributed by atoms with Crippen molar-refractivity contribution in [2.45, 2.75) is 70.1 Å². The van der Waals surface area contributed by atoms with Crippen LogP contribution in [0.15, 0.2) is 78.9 Å². The average molecular weight is 924 g/mol. The maximum atomic E-state index is 14.6. The van der Waals surface area contributed by atoms with Gasteiger partial charge in [0.25, 0.3) is 5.91 Å². The molecule has 5 rings (SSSR count). The molecule has 4 atom stereocenters. The number of halogens is 1. The van der Waals surface area contributed by atoms with E-state index in [1.807, 2.05) is 30.3 Å². The van der Waals surface area contributed by atoms with E-state index in [1.54, 1.807) is 42.5 Å². The number of nitrogens with zero attached hydrogens (tertiary/aromatic N) is 2. The molecule has 0 radical (unpaired) electrons. The number of likely N-dealkylation sites (N-methyl/N-ethyl adjacent to an activating group) is 1. The third-order valence-electron chi connectivity index (χ3n) is 10.8. The van der Waals surface area contributed by atoms with Gasteiger partial charge in [-0.05, 0) is 90.5 Å². The largest absolute Gasteiger partial charge is 0.492 e. The van der Waals surface area contributed by atoms with Crippen molar-refractivity contribution in [1.29, 1.82) is 5.26 Å². The Balaban J connectivity index is 1.53. The number of amides is 5. The summed E-state index contributed by atoms with van der Waals surface area (Å²) < 4.78 is 18.2. The van der Waals surface area contributed by atoms with Crippen LogP contribution in [0.3, 0.4) is 0 Å². The standard InChI is InChI=1S/C48H58ClN9O8/c1-28-43(59)57-39(45(61)54-21-18-51)25-29-6-14-40(64-22-19-52)35(24-29)36-26-30(7-15-41(36)65-23-20-53)42(46(62)55-28)58(5)47(63)38(16-17-50)56-44(60)34-13-12-33(27-37(34)49)66-32-10-8-31(9-11-32)48(2,3)4/h6-15,24,26-28,38-39,42H,16-17,19-23,25,50,52-53H2,1-5H3,(H,54,61)(H,55,62)(H,56,60)(H,57,59)/t28-,38-,39-,42-/m0/s1. The molecule has 5 amide bonds. The summed E-state index contributed by atoms with van der Waals surface area (Å²) in [7, 11) is 1.40. The van der Waals surface area contributed by atoms with Crippen molar-refractivity contribution in [3.05, 3.63) is 106 Å². The molecule has 18 heteroatoms. The van der Waals surface area contributed by atoms with Gasteiger partial charge in [-0.1, -0.05) is 56.6 Å². The predicted octanol–water partition coefficient (Wildman–Crippen LogP) is 3.60. The van der Waals surface area contributed by atoms with Crippen LogP contribution in [0.2, 0.25) is 5.02 Å². The van der Waals surface area contributed by atoms with E-state index in [-0.39, 0.29) is 68.2 Å². The fourth-order valence-electron chi connectivity index (χ4n) is 7.27. The van der Waals surface area contributed by atoms with E-state index in [4.69, 9.17) is 48.3 Å². The van der Waals surface area contributed by atoms with E-state index < -0.39 is 53.7 Å². The van der Waals surface area contributed by atoms with E-state index in [9.17, 15) is 24.0 Å². The third-order valence-corrected chi connectivity index (χ3v) is 11.1. The van der Waals surface area contributed by atoms with Gasteiger partial charge in [-0.15, -0.1) is 0 Å². The summed E-state index contributed by atoms with van der Waals surface area (Å²) in [5, 5.41) is 19.9. The zero-order valence-corrected chi connectivity index (χ0v) is 38.5. The molecule has 1 aliphatic rings. The van der Waals surface area contributed by atoms with Crippen molar-refractivity contribution in [1.82, 2.24) is 26.2 Å². The van der Waals surface area contributed by atoms with E-state index in [0.717, 1.165) is 10.5 Å². The number of ether oxygens (including phenoxy) is 3. The van der Waals surface area contributed by atoms with E-state index >= 15 is 0 Å². The van der Waals surface area contributed by atoms with E-state index in [1.165, 1.54) is 26.1 Å². The van der Waals surface area contributed by atoms with Crippen LogP contribution in [-0.2, 0) is 31.0 Å². The maximum absolute atomic E-state index is 14.6. The molecule has 0 spiro atoms. The second kappa shape index (κ2) is 23.0. The molecule has 0 aliphatic carbocycles. The molecular weight excluding hydrogens is 866 g/mol. The Morgan fingerprint density at radius 2 is 1.50 bits per heavy atom. The highest BCUT2D eigenvalue weighted by Gasteiger charge is 2.36. The monoisotopic (exact) mass is 923 g/mol. The van der Waals surface area contributed by atoms with Crippen molar-refractivity contribution in [2.75, 3.05) is 46.4 Å². The highest BCUT2D eigenvalue weighted by molar-refractivity contribution is 6.34. The number of nitrogens with two attached hydrogens (primary N) is 3. The van der Waals surface area contributed by atoms with Crippen LogP contribution in [0.1, 0.15) is 67.2 Å². The molecule has 0 fully saturated rings. The number of hydrogen-bond acceptors (Lipinski definition) is 12. The zero-order chi connectivity index (χ0) is 48.1. The summed E-state index contributed by atoms with van der Waals surface area (Å²) in [5.74, 6) is -1.75. The number of rotatable bonds is 16. The molecule has 17 nitrogen and oxygen atoms in total. The lowest BCUT2D eigenvalue weighted by Gasteiger charge is -2.32. The Morgan fingerprint density at radius 3 is 2.11 bits per heavy atom. The van der Waals surface area contributed by atoms with Gasteiger partial charge in [-0.2, -0.15) is 5.26 Å². The summed E-state index contributed by atoms with van der Waals surface area (Å²) in [5.41, 5.74) is 20.6. The van der Waals surface area contributed by atoms with Crippen LogP contribution in [-0.4, -0.2) is 99.0 Å². The summed E-state index contributed by atoms with van der Waals surface area (Å²) in [6, 6.07) is 19.1. The SMILES string of the molecule is C[C@@H]1NC(=O)[C@@H](N(C)C(=O)[C@H](CCN)NC(=O)c2ccc(Oc3ccc(C(C)(C)C)cc3)cc2Cl)c2ccc(OCCN)c(c2)-c2cc(ccc2OCCN)C[C@@H](C(=O)NCC#N)NC1=O. The van der Waals surface area contributed by atoms with Crippen LogP contribution in [0, 0.1) is 11.3 Å². The first-order valence-electron chi connectivity index (χ1n) is 21.5. The van der Waals surface area contributed by atoms with Gasteiger partial charge in [0.15, 0.2) is 0 Å². The highest BCUT2D eigenvalue weighted by Crippen LogP contribution is 2.40. The quantitative estimate of drug-likeness (QED) is 0.0795. The van der Waals surface area contributed by atoms with E-state index in [0.29, 0.717) is 45.3 Å². The molecular formula is C48H58ClN9O8. The highest BCUT2D eigenvalue weighted by atomic mass is 35.5. The van der Waals surface area contributed by atoms with Crippen LogP contribution >= 0.6 is 11.6 Å². The van der Waals surface area contributed by atoms with Gasteiger partial charge in [-0.25, -0.2) is 0 Å². The minimum atomic E-state index is -1.42. The van der Waals surface area contributed by atoms with Crippen molar-refractivity contribution in [3.63, 3.8) is 0 Å². The molecule has 4 aromatic rings. The number of nitriles is 1. The Hall–Kier alpha value is -6.71. The Labute approximate surface area is 389 Å². The second-order valence-corrected chi connectivity index (χ2v) is 17.1. The molecule has 350 valence electrons. The van der Waals surface area contributed by atoms with Crippen molar-refractivity contribution in [3.8, 4) is 40.2 Å². The topological polar surface area (TPSA) is 266 Å². The molecule has 1 heterocycles. The number of benzene rings is 4. The minimum absolute atomic E-state index is 0.00397. The van der Waals surface area contributed by atoms with Crippen LogP contribution < -0.4 is 52.7 Å². The van der Waals surface area contributed by atoms with Gasteiger partial charge in [0.05, 0.1) is 16.7 Å². The average Bonchev–Trinajstić information content (AvgIpc) is 3.28. The van der Waals surface area contributed by atoms with Crippen molar-refractivity contribution < 1.29 is 38.2 Å². The second-order valence-electron chi connectivity index (χ2n) is 16.7. The van der Waals surface area contributed by atoms with E-state index in [2.05, 4.69) is 42.0 Å².